The van der Waals surface area contributed by atoms with Crippen molar-refractivity contribution < 1.29 is 13.9 Å². The largest absolute Gasteiger partial charge is 0.438 e. The highest BCUT2D eigenvalue weighted by Crippen LogP contribution is 2.21. The van der Waals surface area contributed by atoms with Crippen LogP contribution in [0, 0.1) is 13.8 Å². The van der Waals surface area contributed by atoms with Crippen LogP contribution in [-0.2, 0) is 4.74 Å². The summed E-state index contributed by atoms with van der Waals surface area (Å²) in [7, 11) is 0. The number of halogens is 1. The molecule has 1 atom stereocenters. The second kappa shape index (κ2) is 8.39. The molecule has 1 saturated heterocycles. The molecular weight excluding hydrogens is 388 g/mol. The molecule has 1 fully saturated rings. The maximum absolute atomic E-state index is 13.0. The van der Waals surface area contributed by atoms with Crippen molar-refractivity contribution in [2.75, 3.05) is 13.2 Å². The van der Waals surface area contributed by atoms with E-state index in [1.807, 2.05) is 26.0 Å². The monoisotopic (exact) mass is 410 g/mol. The number of fused-ring (bicyclic) bond motifs is 1. The van der Waals surface area contributed by atoms with Gasteiger partial charge in [-0.3, -0.25) is 4.79 Å². The van der Waals surface area contributed by atoms with E-state index in [-0.39, 0.29) is 17.6 Å². The lowest BCUT2D eigenvalue weighted by Gasteiger charge is -2.11. The molecule has 1 amide bonds. The third-order valence-electron chi connectivity index (χ3n) is 4.90. The molecule has 4 rings (SSSR count). The summed E-state index contributed by atoms with van der Waals surface area (Å²) in [4.78, 5) is 17.6. The summed E-state index contributed by atoms with van der Waals surface area (Å²) in [6, 6.07) is 13.1. The molecule has 0 saturated carbocycles. The Labute approximate surface area is 174 Å². The standard InChI is InChI=1S/C23H23ClN2O3/c1-14-8-15(2)10-18(9-14)26-23-20(22(27)25-13-19-4-3-7-28-19)12-16-11-17(24)5-6-21(16)29-23/h5-6,8-12,19H,3-4,7,13H2,1-2H3,(H,25,27)/t19-/m1/s1. The zero-order valence-electron chi connectivity index (χ0n) is 16.5. The van der Waals surface area contributed by atoms with Gasteiger partial charge in [-0.25, -0.2) is 4.99 Å². The molecule has 3 aromatic rings. The lowest BCUT2D eigenvalue weighted by Crippen LogP contribution is -2.34. The first-order chi connectivity index (χ1) is 14.0. The fraction of sp³-hybridized carbons (Fsp3) is 0.304. The van der Waals surface area contributed by atoms with Crippen LogP contribution in [0.4, 0.5) is 5.69 Å². The summed E-state index contributed by atoms with van der Waals surface area (Å²) < 4.78 is 11.6. The normalized spacial score (nSPS) is 17.1. The number of nitrogens with one attached hydrogen (secondary N) is 1. The summed E-state index contributed by atoms with van der Waals surface area (Å²) in [6.07, 6.45) is 2.04. The van der Waals surface area contributed by atoms with Gasteiger partial charge in [0.05, 0.1) is 11.8 Å². The van der Waals surface area contributed by atoms with Crippen molar-refractivity contribution in [1.82, 2.24) is 5.32 Å². The van der Waals surface area contributed by atoms with Gasteiger partial charge in [0.2, 0.25) is 5.55 Å². The fourth-order valence-corrected chi connectivity index (χ4v) is 3.77. The molecule has 0 bridgehead atoms. The Morgan fingerprint density at radius 2 is 1.97 bits per heavy atom. The van der Waals surface area contributed by atoms with E-state index in [2.05, 4.69) is 16.4 Å². The van der Waals surface area contributed by atoms with Crippen molar-refractivity contribution in [3.63, 3.8) is 0 Å². The van der Waals surface area contributed by atoms with Crippen LogP contribution in [0.1, 0.15) is 34.3 Å². The molecule has 6 heteroatoms. The molecule has 0 radical (unpaired) electrons. The van der Waals surface area contributed by atoms with E-state index in [1.165, 1.54) is 0 Å². The summed E-state index contributed by atoms with van der Waals surface area (Å²) in [5, 5.41) is 4.28. The molecule has 2 heterocycles. The number of carbonyl (C=O) groups is 1. The van der Waals surface area contributed by atoms with Crippen LogP contribution >= 0.6 is 11.6 Å². The van der Waals surface area contributed by atoms with Gasteiger partial charge in [-0.15, -0.1) is 0 Å². The number of aryl methyl sites for hydroxylation is 2. The summed E-state index contributed by atoms with van der Waals surface area (Å²) in [5.74, 6) is -0.241. The first-order valence-corrected chi connectivity index (χ1v) is 10.1. The second-order valence-corrected chi connectivity index (χ2v) is 7.89. The summed E-state index contributed by atoms with van der Waals surface area (Å²) in [5.41, 5.74) is 4.20. The van der Waals surface area contributed by atoms with Crippen LogP contribution in [0.5, 0.6) is 0 Å². The Morgan fingerprint density at radius 1 is 1.17 bits per heavy atom. The first-order valence-electron chi connectivity index (χ1n) is 9.74. The van der Waals surface area contributed by atoms with E-state index in [9.17, 15) is 4.79 Å². The fourth-order valence-electron chi connectivity index (χ4n) is 3.59. The Morgan fingerprint density at radius 3 is 2.69 bits per heavy atom. The second-order valence-electron chi connectivity index (χ2n) is 7.45. The smallest absolute Gasteiger partial charge is 0.256 e. The molecule has 150 valence electrons. The molecule has 1 aromatic heterocycles. The predicted molar refractivity (Wildman–Crippen MR) is 114 cm³/mol. The number of hydrogen-bond acceptors (Lipinski definition) is 4. The number of amides is 1. The Balaban J connectivity index is 1.77. The van der Waals surface area contributed by atoms with Crippen LogP contribution in [0.15, 0.2) is 51.9 Å². The van der Waals surface area contributed by atoms with E-state index in [4.69, 9.17) is 20.8 Å². The number of rotatable bonds is 4. The van der Waals surface area contributed by atoms with Gasteiger partial charge in [0.15, 0.2) is 0 Å². The minimum Gasteiger partial charge on any atom is -0.438 e. The van der Waals surface area contributed by atoms with Gasteiger partial charge in [-0.1, -0.05) is 17.7 Å². The molecule has 1 aliphatic heterocycles. The van der Waals surface area contributed by atoms with Crippen LogP contribution in [0.2, 0.25) is 5.02 Å². The molecule has 1 aliphatic rings. The van der Waals surface area contributed by atoms with Gasteiger partial charge in [0.25, 0.3) is 5.91 Å². The van der Waals surface area contributed by atoms with Crippen LogP contribution in [-0.4, -0.2) is 25.2 Å². The van der Waals surface area contributed by atoms with Crippen LogP contribution in [0.25, 0.3) is 11.0 Å². The highest BCUT2D eigenvalue weighted by Gasteiger charge is 2.18. The van der Waals surface area contributed by atoms with Gasteiger partial charge < -0.3 is 14.5 Å². The minimum atomic E-state index is -0.241. The van der Waals surface area contributed by atoms with Crippen LogP contribution in [0.3, 0.4) is 0 Å². The van der Waals surface area contributed by atoms with Crippen molar-refractivity contribution >= 4 is 34.2 Å². The third-order valence-corrected chi connectivity index (χ3v) is 5.14. The van der Waals surface area contributed by atoms with E-state index in [1.54, 1.807) is 24.3 Å². The van der Waals surface area contributed by atoms with E-state index in [0.29, 0.717) is 22.7 Å². The number of carbonyl (C=O) groups excluding carboxylic acids is 1. The minimum absolute atomic E-state index is 0.0607. The molecule has 5 nitrogen and oxygen atoms in total. The topological polar surface area (TPSA) is 63.8 Å². The summed E-state index contributed by atoms with van der Waals surface area (Å²) >= 11 is 6.12. The highest BCUT2D eigenvalue weighted by molar-refractivity contribution is 6.31. The van der Waals surface area contributed by atoms with E-state index < -0.39 is 0 Å². The number of hydrogen-bond donors (Lipinski definition) is 1. The Bertz CT molecular complexity index is 1110. The molecular formula is C23H23ClN2O3. The van der Waals surface area contributed by atoms with Gasteiger partial charge in [-0.05, 0) is 74.2 Å². The molecule has 0 spiro atoms. The molecule has 29 heavy (non-hydrogen) atoms. The van der Waals surface area contributed by atoms with Gasteiger partial charge in [0.1, 0.15) is 11.1 Å². The molecule has 0 aliphatic carbocycles. The van der Waals surface area contributed by atoms with E-state index >= 15 is 0 Å². The Kier molecular flexibility index (Phi) is 5.69. The molecule has 2 aromatic carbocycles. The SMILES string of the molecule is Cc1cc(C)cc(N=c2oc3ccc(Cl)cc3cc2C(=O)NC[C@H]2CCCO2)c1. The number of benzene rings is 2. The lowest BCUT2D eigenvalue weighted by molar-refractivity contribution is 0.0854. The van der Waals surface area contributed by atoms with Gasteiger partial charge in [0, 0.05) is 23.6 Å². The number of nitrogens with zero attached hydrogens (tertiary/aromatic N) is 1. The summed E-state index contributed by atoms with van der Waals surface area (Å²) in [6.45, 7) is 5.24. The zero-order valence-corrected chi connectivity index (χ0v) is 17.3. The maximum atomic E-state index is 13.0. The van der Waals surface area contributed by atoms with Crippen molar-refractivity contribution in [2.45, 2.75) is 32.8 Å². The lowest BCUT2D eigenvalue weighted by atomic mass is 10.1. The first kappa shape index (κ1) is 19.7. The van der Waals surface area contributed by atoms with Crippen molar-refractivity contribution in [3.05, 3.63) is 69.7 Å². The average molecular weight is 411 g/mol. The third kappa shape index (κ3) is 4.69. The Hall–Kier alpha value is -2.63. The van der Waals surface area contributed by atoms with Crippen molar-refractivity contribution in [3.8, 4) is 0 Å². The molecule has 1 N–H and O–H groups in total. The van der Waals surface area contributed by atoms with Gasteiger partial charge >= 0.3 is 0 Å². The quantitative estimate of drug-likeness (QED) is 0.669. The molecule has 0 unspecified atom stereocenters. The predicted octanol–water partition coefficient (Wildman–Crippen LogP) is 4.84. The van der Waals surface area contributed by atoms with Gasteiger partial charge in [-0.2, -0.15) is 0 Å². The average Bonchev–Trinajstić information content (AvgIpc) is 3.18. The van der Waals surface area contributed by atoms with Crippen molar-refractivity contribution in [1.29, 1.82) is 0 Å². The van der Waals surface area contributed by atoms with Crippen molar-refractivity contribution in [2.24, 2.45) is 4.99 Å². The highest BCUT2D eigenvalue weighted by atomic mass is 35.5. The maximum Gasteiger partial charge on any atom is 0.256 e. The van der Waals surface area contributed by atoms with Crippen LogP contribution < -0.4 is 10.9 Å². The number of ether oxygens (including phenoxy) is 1. The van der Waals surface area contributed by atoms with E-state index in [0.717, 1.165) is 41.6 Å². The zero-order chi connectivity index (χ0) is 20.4.